The smallest absolute Gasteiger partial charge is 0.258 e. The molecule has 0 bridgehead atoms. The van der Waals surface area contributed by atoms with E-state index in [1.54, 1.807) is 0 Å². The van der Waals surface area contributed by atoms with Crippen molar-refractivity contribution in [3.05, 3.63) is 5.56 Å². The number of nitrogens with zero attached hydrogens (tertiary/aromatic N) is 1. The molecule has 0 saturated carbocycles. The van der Waals surface area contributed by atoms with Crippen molar-refractivity contribution in [1.29, 1.82) is 0 Å². The number of carbonyl (C=O) groups excluding carboxylic acids is 1. The van der Waals surface area contributed by atoms with Crippen molar-refractivity contribution in [3.63, 3.8) is 0 Å². The molecule has 1 aromatic heterocycles. The highest BCUT2D eigenvalue weighted by Crippen LogP contribution is 2.29. The number of anilines is 2. The molecule has 2 heterocycles. The van der Waals surface area contributed by atoms with Gasteiger partial charge in [0.1, 0.15) is 10.6 Å². The van der Waals surface area contributed by atoms with Crippen LogP contribution < -0.4 is 16.4 Å². The molecule has 1 atom stereocenters. The van der Waals surface area contributed by atoms with Crippen LogP contribution in [0.3, 0.4) is 0 Å². The summed E-state index contributed by atoms with van der Waals surface area (Å²) in [5.41, 5.74) is 6.29. The second kappa shape index (κ2) is 6.47. The molecule has 0 aromatic carbocycles. The van der Waals surface area contributed by atoms with Crippen LogP contribution in [0, 0.1) is 5.92 Å². The Bertz CT molecular complexity index is 441. The fourth-order valence-electron chi connectivity index (χ4n) is 1.96. The second-order valence-corrected chi connectivity index (χ2v) is 6.93. The fourth-order valence-corrected chi connectivity index (χ4v) is 3.96. The highest BCUT2D eigenvalue weighted by Gasteiger charge is 2.21. The van der Waals surface area contributed by atoms with Gasteiger partial charge >= 0.3 is 0 Å². The summed E-state index contributed by atoms with van der Waals surface area (Å²) in [7, 11) is 0. The zero-order valence-electron chi connectivity index (χ0n) is 11.2. The highest BCUT2D eigenvalue weighted by molar-refractivity contribution is 7.99. The van der Waals surface area contributed by atoms with Crippen LogP contribution >= 0.6 is 23.3 Å². The average Bonchev–Trinajstić information content (AvgIpc) is 2.94. The Morgan fingerprint density at radius 2 is 2.37 bits per heavy atom. The molecule has 0 aliphatic carbocycles. The van der Waals surface area contributed by atoms with E-state index < -0.39 is 0 Å². The first kappa shape index (κ1) is 14.5. The molecular formula is C12H20N4OS2. The summed E-state index contributed by atoms with van der Waals surface area (Å²) in [6.45, 7) is 4.74. The van der Waals surface area contributed by atoms with Gasteiger partial charge in [0.05, 0.1) is 0 Å². The Morgan fingerprint density at radius 3 is 3.00 bits per heavy atom. The van der Waals surface area contributed by atoms with Gasteiger partial charge in [0.15, 0.2) is 5.82 Å². The Balaban J connectivity index is 2.01. The van der Waals surface area contributed by atoms with E-state index in [1.807, 2.05) is 25.6 Å². The molecule has 1 aromatic rings. The van der Waals surface area contributed by atoms with E-state index in [-0.39, 0.29) is 11.9 Å². The Morgan fingerprint density at radius 1 is 1.58 bits per heavy atom. The lowest BCUT2D eigenvalue weighted by molar-refractivity contribution is 0.0945. The molecule has 1 aliphatic heterocycles. The molecule has 0 spiro atoms. The first-order valence-corrected chi connectivity index (χ1v) is 8.38. The van der Waals surface area contributed by atoms with E-state index >= 15 is 0 Å². The van der Waals surface area contributed by atoms with Crippen LogP contribution in [0.15, 0.2) is 0 Å². The number of hydrogen-bond acceptors (Lipinski definition) is 6. The minimum Gasteiger partial charge on any atom is -0.382 e. The largest absolute Gasteiger partial charge is 0.382 e. The van der Waals surface area contributed by atoms with Crippen molar-refractivity contribution in [2.45, 2.75) is 26.3 Å². The highest BCUT2D eigenvalue weighted by atomic mass is 32.2. The van der Waals surface area contributed by atoms with Gasteiger partial charge in [-0.15, -0.1) is 0 Å². The van der Waals surface area contributed by atoms with E-state index in [2.05, 4.69) is 15.0 Å². The lowest BCUT2D eigenvalue weighted by atomic mass is 10.1. The van der Waals surface area contributed by atoms with E-state index in [0.717, 1.165) is 11.5 Å². The van der Waals surface area contributed by atoms with Gasteiger partial charge in [-0.05, 0) is 49.2 Å². The summed E-state index contributed by atoms with van der Waals surface area (Å²) >= 11 is 3.25. The van der Waals surface area contributed by atoms with Crippen LogP contribution in [0.5, 0.6) is 0 Å². The molecule has 1 fully saturated rings. The zero-order valence-corrected chi connectivity index (χ0v) is 12.9. The maximum absolute atomic E-state index is 12.1. The first-order chi connectivity index (χ1) is 9.08. The maximum atomic E-state index is 12.1. The molecule has 1 aliphatic rings. The predicted molar refractivity (Wildman–Crippen MR) is 83.1 cm³/mol. The van der Waals surface area contributed by atoms with Crippen LogP contribution in [0.2, 0.25) is 0 Å². The van der Waals surface area contributed by atoms with Crippen LogP contribution in [-0.2, 0) is 0 Å². The number of amides is 1. The van der Waals surface area contributed by atoms with E-state index in [1.165, 1.54) is 29.5 Å². The Kier molecular flexibility index (Phi) is 4.93. The first-order valence-electron chi connectivity index (χ1n) is 6.45. The maximum Gasteiger partial charge on any atom is 0.258 e. The summed E-state index contributed by atoms with van der Waals surface area (Å²) in [6.07, 6.45) is 1.24. The molecular weight excluding hydrogens is 280 g/mol. The second-order valence-electron chi connectivity index (χ2n) is 5.01. The monoisotopic (exact) mass is 300 g/mol. The van der Waals surface area contributed by atoms with Gasteiger partial charge in [0.25, 0.3) is 5.91 Å². The van der Waals surface area contributed by atoms with Crippen LogP contribution in [0.1, 0.15) is 30.6 Å². The standard InChI is InChI=1S/C12H20N4OS2/c1-7(2)15-11(17)9-10(13)16-19-12(9)14-5-8-3-4-18-6-8/h7-8,14H,3-6H2,1-2H3,(H2,13,16)(H,15,17). The summed E-state index contributed by atoms with van der Waals surface area (Å²) < 4.78 is 4.08. The number of nitrogens with two attached hydrogens (primary N) is 1. The van der Waals surface area contributed by atoms with Crippen LogP contribution in [-0.4, -0.2) is 34.4 Å². The molecule has 0 radical (unpaired) electrons. The summed E-state index contributed by atoms with van der Waals surface area (Å²) in [5, 5.41) is 6.97. The number of thioether (sulfide) groups is 1. The summed E-state index contributed by atoms with van der Waals surface area (Å²) in [6, 6.07) is 0.0888. The van der Waals surface area contributed by atoms with Gasteiger partial charge in [-0.1, -0.05) is 0 Å². The number of nitrogens with one attached hydrogen (secondary N) is 2. The zero-order chi connectivity index (χ0) is 13.8. The fraction of sp³-hybridized carbons (Fsp3) is 0.667. The molecule has 106 valence electrons. The van der Waals surface area contributed by atoms with Gasteiger partial charge in [0, 0.05) is 12.6 Å². The van der Waals surface area contributed by atoms with Crippen molar-refractivity contribution in [3.8, 4) is 0 Å². The number of aromatic nitrogens is 1. The lowest BCUT2D eigenvalue weighted by Gasteiger charge is -2.12. The van der Waals surface area contributed by atoms with Gasteiger partial charge in [-0.3, -0.25) is 4.79 Å². The van der Waals surface area contributed by atoms with Crippen LogP contribution in [0.25, 0.3) is 0 Å². The topological polar surface area (TPSA) is 80.0 Å². The van der Waals surface area contributed by atoms with Gasteiger partial charge in [0.2, 0.25) is 0 Å². The minimum atomic E-state index is -0.149. The van der Waals surface area contributed by atoms with Gasteiger partial charge in [-0.2, -0.15) is 16.1 Å². The van der Waals surface area contributed by atoms with Crippen molar-refractivity contribution >= 4 is 40.0 Å². The molecule has 19 heavy (non-hydrogen) atoms. The normalized spacial score (nSPS) is 18.8. The third-order valence-corrected chi connectivity index (χ3v) is 4.99. The van der Waals surface area contributed by atoms with Gasteiger partial charge < -0.3 is 16.4 Å². The third kappa shape index (κ3) is 3.76. The molecule has 1 unspecified atom stereocenters. The summed E-state index contributed by atoms with van der Waals surface area (Å²) in [4.78, 5) is 12.1. The Labute approximate surface area is 121 Å². The van der Waals surface area contributed by atoms with Crippen molar-refractivity contribution in [1.82, 2.24) is 9.69 Å². The number of carbonyl (C=O) groups is 1. The molecule has 7 heteroatoms. The van der Waals surface area contributed by atoms with Crippen molar-refractivity contribution < 1.29 is 4.79 Å². The van der Waals surface area contributed by atoms with Gasteiger partial charge in [-0.25, -0.2) is 0 Å². The number of hydrogen-bond donors (Lipinski definition) is 3. The minimum absolute atomic E-state index is 0.0888. The molecule has 1 saturated heterocycles. The SMILES string of the molecule is CC(C)NC(=O)c1c(N)nsc1NCC1CCSC1. The average molecular weight is 300 g/mol. The predicted octanol–water partition coefficient (Wildman–Crippen LogP) is 2.03. The quantitative estimate of drug-likeness (QED) is 0.775. The molecule has 2 rings (SSSR count). The third-order valence-electron chi connectivity index (χ3n) is 2.94. The summed E-state index contributed by atoms with van der Waals surface area (Å²) in [5.74, 6) is 3.26. The van der Waals surface area contributed by atoms with Crippen molar-refractivity contribution in [2.24, 2.45) is 5.92 Å². The van der Waals surface area contributed by atoms with Crippen LogP contribution in [0.4, 0.5) is 10.8 Å². The molecule has 4 N–H and O–H groups in total. The molecule has 1 amide bonds. The lowest BCUT2D eigenvalue weighted by Crippen LogP contribution is -2.31. The van der Waals surface area contributed by atoms with E-state index in [0.29, 0.717) is 17.3 Å². The molecule has 5 nitrogen and oxygen atoms in total. The van der Waals surface area contributed by atoms with E-state index in [4.69, 9.17) is 5.73 Å². The number of rotatable bonds is 5. The van der Waals surface area contributed by atoms with Crippen molar-refractivity contribution in [2.75, 3.05) is 29.1 Å². The van der Waals surface area contributed by atoms with E-state index in [9.17, 15) is 4.79 Å². The Hall–Kier alpha value is -0.950. The number of nitrogen functional groups attached to an aromatic ring is 1.